The zero-order valence-electron chi connectivity index (χ0n) is 16.1. The van der Waals surface area contributed by atoms with Gasteiger partial charge in [0.15, 0.2) is 11.7 Å². The first kappa shape index (κ1) is 20.6. The smallest absolute Gasteiger partial charge is 0.338 e. The quantitative estimate of drug-likeness (QED) is 0.544. The molecule has 1 amide bonds. The molecule has 0 fully saturated rings. The molecule has 29 heavy (non-hydrogen) atoms. The maximum atomic E-state index is 12.2. The van der Waals surface area contributed by atoms with E-state index in [9.17, 15) is 9.59 Å². The van der Waals surface area contributed by atoms with Crippen LogP contribution in [-0.4, -0.2) is 23.0 Å². The average Bonchev–Trinajstić information content (AvgIpc) is 3.16. The Bertz CT molecular complexity index is 979. The Labute approximate surface area is 173 Å². The zero-order chi connectivity index (χ0) is 20.8. The van der Waals surface area contributed by atoms with Crippen molar-refractivity contribution >= 4 is 29.2 Å². The number of nitrogens with one attached hydrogen (secondary N) is 1. The third-order valence-corrected chi connectivity index (χ3v) is 4.25. The molecule has 1 aromatic heterocycles. The molecule has 0 bridgehead atoms. The van der Waals surface area contributed by atoms with E-state index in [-0.39, 0.29) is 18.4 Å². The SMILES string of the molecule is CC(C)OC(=O)c1ccc(NC(=O)CCc2ncc(-c3ccc(Cl)cc3)o2)cc1. The molecule has 0 atom stereocenters. The second-order valence-electron chi connectivity index (χ2n) is 6.70. The number of amides is 1. The molecule has 150 valence electrons. The highest BCUT2D eigenvalue weighted by atomic mass is 35.5. The number of hydrogen-bond donors (Lipinski definition) is 1. The number of aromatic nitrogens is 1. The molecule has 0 saturated carbocycles. The first-order valence-corrected chi connectivity index (χ1v) is 9.60. The highest BCUT2D eigenvalue weighted by molar-refractivity contribution is 6.30. The number of aryl methyl sites for hydroxylation is 1. The minimum atomic E-state index is -0.390. The maximum Gasteiger partial charge on any atom is 0.338 e. The molecular weight excluding hydrogens is 392 g/mol. The number of halogens is 1. The van der Waals surface area contributed by atoms with Crippen LogP contribution in [0.4, 0.5) is 5.69 Å². The molecule has 0 aliphatic rings. The Kier molecular flexibility index (Phi) is 6.67. The standard InChI is InChI=1S/C22H21ClN2O4/c1-14(2)28-22(27)16-5-9-18(10-6-16)25-20(26)11-12-21-24-13-19(29-21)15-3-7-17(23)8-4-15/h3-10,13-14H,11-12H2,1-2H3,(H,25,26). The summed E-state index contributed by atoms with van der Waals surface area (Å²) >= 11 is 5.89. The second-order valence-corrected chi connectivity index (χ2v) is 7.14. The Balaban J connectivity index is 1.51. The number of benzene rings is 2. The average molecular weight is 413 g/mol. The third-order valence-electron chi connectivity index (χ3n) is 4.00. The molecule has 0 unspecified atom stereocenters. The van der Waals surface area contributed by atoms with Crippen molar-refractivity contribution in [3.8, 4) is 11.3 Å². The predicted molar refractivity (Wildman–Crippen MR) is 111 cm³/mol. The Morgan fingerprint density at radius 2 is 1.79 bits per heavy atom. The van der Waals surface area contributed by atoms with E-state index in [4.69, 9.17) is 20.8 Å². The third kappa shape index (κ3) is 5.93. The molecule has 2 aromatic carbocycles. The van der Waals surface area contributed by atoms with Crippen LogP contribution in [0.15, 0.2) is 59.1 Å². The summed E-state index contributed by atoms with van der Waals surface area (Å²) in [6.07, 6.45) is 2.04. The highest BCUT2D eigenvalue weighted by Crippen LogP contribution is 2.22. The number of carbonyl (C=O) groups is 2. The fourth-order valence-corrected chi connectivity index (χ4v) is 2.72. The lowest BCUT2D eigenvalue weighted by atomic mass is 10.2. The van der Waals surface area contributed by atoms with Crippen LogP contribution in [0.1, 0.15) is 36.5 Å². The molecule has 1 heterocycles. The Morgan fingerprint density at radius 3 is 2.45 bits per heavy atom. The molecule has 0 radical (unpaired) electrons. The van der Waals surface area contributed by atoms with Crippen LogP contribution in [0.2, 0.25) is 5.02 Å². The van der Waals surface area contributed by atoms with Gasteiger partial charge in [-0.15, -0.1) is 0 Å². The first-order valence-electron chi connectivity index (χ1n) is 9.22. The van der Waals surface area contributed by atoms with Crippen LogP contribution in [0, 0.1) is 0 Å². The number of esters is 1. The van der Waals surface area contributed by atoms with E-state index >= 15 is 0 Å². The minimum Gasteiger partial charge on any atom is -0.459 e. The monoisotopic (exact) mass is 412 g/mol. The van der Waals surface area contributed by atoms with Crippen LogP contribution >= 0.6 is 11.6 Å². The van der Waals surface area contributed by atoms with Crippen LogP contribution < -0.4 is 5.32 Å². The number of nitrogens with zero attached hydrogens (tertiary/aromatic N) is 1. The van der Waals surface area contributed by atoms with E-state index < -0.39 is 5.97 Å². The molecule has 7 heteroatoms. The van der Waals surface area contributed by atoms with E-state index in [1.54, 1.807) is 56.4 Å². The van der Waals surface area contributed by atoms with Gasteiger partial charge in [0, 0.05) is 29.1 Å². The summed E-state index contributed by atoms with van der Waals surface area (Å²) in [6, 6.07) is 13.8. The molecule has 1 N–H and O–H groups in total. The maximum absolute atomic E-state index is 12.2. The lowest BCUT2D eigenvalue weighted by Gasteiger charge is -2.09. The number of anilines is 1. The summed E-state index contributed by atoms with van der Waals surface area (Å²) < 4.78 is 10.8. The molecule has 0 saturated heterocycles. The van der Waals surface area contributed by atoms with E-state index in [0.717, 1.165) is 5.56 Å². The van der Waals surface area contributed by atoms with Gasteiger partial charge in [-0.3, -0.25) is 4.79 Å². The zero-order valence-corrected chi connectivity index (χ0v) is 16.9. The van der Waals surface area contributed by atoms with Crippen LogP contribution in [0.5, 0.6) is 0 Å². The lowest BCUT2D eigenvalue weighted by molar-refractivity contribution is -0.116. The van der Waals surface area contributed by atoms with Crippen LogP contribution in [0.3, 0.4) is 0 Å². The van der Waals surface area contributed by atoms with Gasteiger partial charge in [-0.25, -0.2) is 9.78 Å². The number of rotatable bonds is 7. The van der Waals surface area contributed by atoms with Crippen molar-refractivity contribution in [3.63, 3.8) is 0 Å². The van der Waals surface area contributed by atoms with Gasteiger partial charge in [0.25, 0.3) is 0 Å². The Hall–Kier alpha value is -3.12. The van der Waals surface area contributed by atoms with Crippen molar-refractivity contribution in [1.29, 1.82) is 0 Å². The summed E-state index contributed by atoms with van der Waals surface area (Å²) in [5, 5.41) is 3.44. The summed E-state index contributed by atoms with van der Waals surface area (Å²) in [6.45, 7) is 3.58. The van der Waals surface area contributed by atoms with Gasteiger partial charge in [0.05, 0.1) is 17.9 Å². The summed E-state index contributed by atoms with van der Waals surface area (Å²) in [7, 11) is 0. The number of carbonyl (C=O) groups excluding carboxylic acids is 2. The van der Waals surface area contributed by atoms with Crippen molar-refractivity contribution in [2.45, 2.75) is 32.8 Å². The van der Waals surface area contributed by atoms with E-state index in [1.165, 1.54) is 0 Å². The highest BCUT2D eigenvalue weighted by Gasteiger charge is 2.11. The van der Waals surface area contributed by atoms with E-state index in [2.05, 4.69) is 10.3 Å². The molecule has 6 nitrogen and oxygen atoms in total. The van der Waals surface area contributed by atoms with Gasteiger partial charge >= 0.3 is 5.97 Å². The molecule has 0 aliphatic heterocycles. The summed E-state index contributed by atoms with van der Waals surface area (Å²) in [4.78, 5) is 28.2. The van der Waals surface area contributed by atoms with Gasteiger partial charge in [0.2, 0.25) is 5.91 Å². The second kappa shape index (κ2) is 9.39. The van der Waals surface area contributed by atoms with E-state index in [1.807, 2.05) is 12.1 Å². The van der Waals surface area contributed by atoms with Crippen molar-refractivity contribution < 1.29 is 18.7 Å². The van der Waals surface area contributed by atoms with Crippen molar-refractivity contribution in [2.24, 2.45) is 0 Å². The lowest BCUT2D eigenvalue weighted by Crippen LogP contribution is -2.13. The predicted octanol–water partition coefficient (Wildman–Crippen LogP) is 5.13. The Morgan fingerprint density at radius 1 is 1.10 bits per heavy atom. The van der Waals surface area contributed by atoms with Gasteiger partial charge in [-0.2, -0.15) is 0 Å². The fraction of sp³-hybridized carbons (Fsp3) is 0.227. The van der Waals surface area contributed by atoms with Gasteiger partial charge < -0.3 is 14.5 Å². The number of oxazole rings is 1. The number of hydrogen-bond acceptors (Lipinski definition) is 5. The topological polar surface area (TPSA) is 81.4 Å². The fourth-order valence-electron chi connectivity index (χ4n) is 2.59. The molecule has 0 spiro atoms. The van der Waals surface area contributed by atoms with E-state index in [0.29, 0.717) is 34.3 Å². The summed E-state index contributed by atoms with van der Waals surface area (Å²) in [5.41, 5.74) is 1.91. The first-order chi connectivity index (χ1) is 13.9. The minimum absolute atomic E-state index is 0.172. The summed E-state index contributed by atoms with van der Waals surface area (Å²) in [5.74, 6) is 0.546. The van der Waals surface area contributed by atoms with Crippen molar-refractivity contribution in [3.05, 3.63) is 71.2 Å². The van der Waals surface area contributed by atoms with Gasteiger partial charge in [-0.05, 0) is 62.4 Å². The van der Waals surface area contributed by atoms with Crippen LogP contribution in [-0.2, 0) is 16.0 Å². The molecule has 3 rings (SSSR count). The van der Waals surface area contributed by atoms with Gasteiger partial charge in [0.1, 0.15) is 0 Å². The molecule has 3 aromatic rings. The largest absolute Gasteiger partial charge is 0.459 e. The van der Waals surface area contributed by atoms with Gasteiger partial charge in [-0.1, -0.05) is 11.6 Å². The van der Waals surface area contributed by atoms with Crippen molar-refractivity contribution in [1.82, 2.24) is 4.98 Å². The normalized spacial score (nSPS) is 10.8. The number of ether oxygens (including phenoxy) is 1. The molecular formula is C22H21ClN2O4. The van der Waals surface area contributed by atoms with Crippen molar-refractivity contribution in [2.75, 3.05) is 5.32 Å². The molecule has 0 aliphatic carbocycles. The van der Waals surface area contributed by atoms with Crippen LogP contribution in [0.25, 0.3) is 11.3 Å².